The first-order chi connectivity index (χ1) is 13.3. The van der Waals surface area contributed by atoms with Gasteiger partial charge in [-0.1, -0.05) is 60.7 Å². The van der Waals surface area contributed by atoms with E-state index in [1.54, 1.807) is 0 Å². The van der Waals surface area contributed by atoms with Gasteiger partial charge in [-0.2, -0.15) is 0 Å². The molecule has 2 heterocycles. The van der Waals surface area contributed by atoms with Crippen molar-refractivity contribution >= 4 is 0 Å². The molecule has 2 saturated heterocycles. The van der Waals surface area contributed by atoms with Gasteiger partial charge in [0.1, 0.15) is 0 Å². The van der Waals surface area contributed by atoms with Crippen molar-refractivity contribution in [2.75, 3.05) is 45.9 Å². The molecule has 3 heteroatoms. The second kappa shape index (κ2) is 9.01. The van der Waals surface area contributed by atoms with E-state index in [0.717, 1.165) is 45.6 Å². The van der Waals surface area contributed by atoms with Crippen LogP contribution >= 0.6 is 0 Å². The third kappa shape index (κ3) is 5.19. The molecule has 1 spiro atoms. The summed E-state index contributed by atoms with van der Waals surface area (Å²) in [5.41, 5.74) is 2.98. The Balaban J connectivity index is 1.23. The quantitative estimate of drug-likeness (QED) is 0.778. The average molecular weight is 365 g/mol. The number of nitrogens with zero attached hydrogens (tertiary/aromatic N) is 2. The molecule has 2 aromatic rings. The van der Waals surface area contributed by atoms with E-state index in [1.165, 1.54) is 37.1 Å². The van der Waals surface area contributed by atoms with Crippen LogP contribution in [0.15, 0.2) is 60.7 Å². The second-order valence-corrected chi connectivity index (χ2v) is 8.12. The first-order valence-corrected chi connectivity index (χ1v) is 10.5. The smallest absolute Gasteiger partial charge is 0.0833 e. The lowest BCUT2D eigenvalue weighted by molar-refractivity contribution is -0.135. The van der Waals surface area contributed by atoms with Crippen molar-refractivity contribution in [3.8, 4) is 0 Å². The fraction of sp³-hybridized carbons (Fsp3) is 0.500. The predicted octanol–water partition coefficient (Wildman–Crippen LogP) is 3.64. The standard InChI is InChI=1S/C24H32N2O/c1-3-7-22(8-4-1)11-15-25-17-13-24(14-18-25)21-26(19-20-27-24)16-12-23-9-5-2-6-10-23/h1-10H,11-21H2. The maximum Gasteiger partial charge on any atom is 0.0833 e. The van der Waals surface area contributed by atoms with Crippen LogP contribution in [0.5, 0.6) is 0 Å². The van der Waals surface area contributed by atoms with Gasteiger partial charge >= 0.3 is 0 Å². The highest BCUT2D eigenvalue weighted by Gasteiger charge is 2.39. The molecule has 0 aromatic heterocycles. The number of benzene rings is 2. The van der Waals surface area contributed by atoms with Crippen molar-refractivity contribution in [2.24, 2.45) is 0 Å². The largest absolute Gasteiger partial charge is 0.372 e. The first-order valence-electron chi connectivity index (χ1n) is 10.5. The molecule has 144 valence electrons. The molecule has 0 unspecified atom stereocenters. The van der Waals surface area contributed by atoms with Gasteiger partial charge in [0, 0.05) is 39.3 Å². The van der Waals surface area contributed by atoms with Gasteiger partial charge in [0.25, 0.3) is 0 Å². The summed E-state index contributed by atoms with van der Waals surface area (Å²) in [6.45, 7) is 7.71. The highest BCUT2D eigenvalue weighted by Crippen LogP contribution is 2.30. The van der Waals surface area contributed by atoms with Crippen LogP contribution in [0.3, 0.4) is 0 Å². The molecule has 2 fully saturated rings. The van der Waals surface area contributed by atoms with Gasteiger partial charge in [0.15, 0.2) is 0 Å². The summed E-state index contributed by atoms with van der Waals surface area (Å²) in [5, 5.41) is 0. The number of hydrogen-bond donors (Lipinski definition) is 0. The van der Waals surface area contributed by atoms with E-state index >= 15 is 0 Å². The van der Waals surface area contributed by atoms with Gasteiger partial charge in [0.2, 0.25) is 0 Å². The maximum atomic E-state index is 6.33. The predicted molar refractivity (Wildman–Crippen MR) is 111 cm³/mol. The number of hydrogen-bond acceptors (Lipinski definition) is 3. The van der Waals surface area contributed by atoms with Crippen molar-refractivity contribution in [3.63, 3.8) is 0 Å². The molecule has 2 aromatic carbocycles. The average Bonchev–Trinajstić information content (AvgIpc) is 2.74. The summed E-state index contributed by atoms with van der Waals surface area (Å²) in [6, 6.07) is 21.7. The molecule has 27 heavy (non-hydrogen) atoms. The minimum atomic E-state index is 0.0954. The Labute approximate surface area is 163 Å². The van der Waals surface area contributed by atoms with Gasteiger partial charge in [0.05, 0.1) is 12.2 Å². The molecule has 0 bridgehead atoms. The van der Waals surface area contributed by atoms with Crippen molar-refractivity contribution in [2.45, 2.75) is 31.3 Å². The van der Waals surface area contributed by atoms with Gasteiger partial charge < -0.3 is 9.64 Å². The van der Waals surface area contributed by atoms with Crippen LogP contribution in [0, 0.1) is 0 Å². The lowest BCUT2D eigenvalue weighted by Gasteiger charge is -2.47. The number of morpholine rings is 1. The minimum Gasteiger partial charge on any atom is -0.372 e. The summed E-state index contributed by atoms with van der Waals surface area (Å²) >= 11 is 0. The topological polar surface area (TPSA) is 15.7 Å². The molecule has 0 amide bonds. The SMILES string of the molecule is c1ccc(CCN2CCC3(CC2)CN(CCc2ccccc2)CCO3)cc1. The summed E-state index contributed by atoms with van der Waals surface area (Å²) in [4.78, 5) is 5.24. The van der Waals surface area contributed by atoms with E-state index in [0.29, 0.717) is 0 Å². The molecule has 0 atom stereocenters. The van der Waals surface area contributed by atoms with Crippen molar-refractivity contribution < 1.29 is 4.74 Å². The number of rotatable bonds is 6. The van der Waals surface area contributed by atoms with E-state index in [2.05, 4.69) is 70.5 Å². The molecule has 3 nitrogen and oxygen atoms in total. The summed E-state index contributed by atoms with van der Waals surface area (Å²) < 4.78 is 6.33. The zero-order valence-electron chi connectivity index (χ0n) is 16.4. The van der Waals surface area contributed by atoms with E-state index < -0.39 is 0 Å². The molecule has 4 rings (SSSR count). The van der Waals surface area contributed by atoms with Crippen LogP contribution in [-0.4, -0.2) is 61.3 Å². The van der Waals surface area contributed by atoms with Crippen LogP contribution in [0.1, 0.15) is 24.0 Å². The maximum absolute atomic E-state index is 6.33. The Bertz CT molecular complexity index is 680. The Morgan fingerprint density at radius 3 is 1.85 bits per heavy atom. The highest BCUT2D eigenvalue weighted by molar-refractivity contribution is 5.15. The zero-order chi connectivity index (χ0) is 18.4. The molecular formula is C24H32N2O. The molecular weight excluding hydrogens is 332 g/mol. The fourth-order valence-corrected chi connectivity index (χ4v) is 4.46. The Morgan fingerprint density at radius 2 is 1.26 bits per heavy atom. The van der Waals surface area contributed by atoms with Gasteiger partial charge in [-0.05, 0) is 36.8 Å². The number of ether oxygens (including phenoxy) is 1. The summed E-state index contributed by atoms with van der Waals surface area (Å²) in [6.07, 6.45) is 4.63. The summed E-state index contributed by atoms with van der Waals surface area (Å²) in [7, 11) is 0. The van der Waals surface area contributed by atoms with Crippen LogP contribution < -0.4 is 0 Å². The lowest BCUT2D eigenvalue weighted by atomic mass is 9.89. The molecule has 2 aliphatic rings. The normalized spacial score (nSPS) is 20.7. The Hall–Kier alpha value is -1.68. The highest BCUT2D eigenvalue weighted by atomic mass is 16.5. The van der Waals surface area contributed by atoms with Gasteiger partial charge in [-0.25, -0.2) is 0 Å². The van der Waals surface area contributed by atoms with Crippen LogP contribution in [0.2, 0.25) is 0 Å². The third-order valence-electron chi connectivity index (χ3n) is 6.21. The minimum absolute atomic E-state index is 0.0954. The lowest BCUT2D eigenvalue weighted by Crippen LogP contribution is -2.57. The number of likely N-dealkylation sites (tertiary alicyclic amines) is 1. The molecule has 0 N–H and O–H groups in total. The van der Waals surface area contributed by atoms with E-state index in [9.17, 15) is 0 Å². The Morgan fingerprint density at radius 1 is 0.704 bits per heavy atom. The molecule has 0 radical (unpaired) electrons. The number of piperidine rings is 1. The van der Waals surface area contributed by atoms with Gasteiger partial charge in [-0.3, -0.25) is 4.90 Å². The van der Waals surface area contributed by atoms with E-state index in [4.69, 9.17) is 4.74 Å². The monoisotopic (exact) mass is 364 g/mol. The van der Waals surface area contributed by atoms with E-state index in [1.807, 2.05) is 0 Å². The zero-order valence-corrected chi connectivity index (χ0v) is 16.4. The van der Waals surface area contributed by atoms with E-state index in [-0.39, 0.29) is 5.60 Å². The van der Waals surface area contributed by atoms with Crippen molar-refractivity contribution in [1.29, 1.82) is 0 Å². The second-order valence-electron chi connectivity index (χ2n) is 8.12. The van der Waals surface area contributed by atoms with Crippen molar-refractivity contribution in [3.05, 3.63) is 71.8 Å². The third-order valence-corrected chi connectivity index (χ3v) is 6.21. The van der Waals surface area contributed by atoms with Crippen LogP contribution in [0.25, 0.3) is 0 Å². The molecule has 0 aliphatic carbocycles. The molecule has 2 aliphatic heterocycles. The Kier molecular flexibility index (Phi) is 6.23. The molecule has 0 saturated carbocycles. The van der Waals surface area contributed by atoms with Crippen LogP contribution in [0.4, 0.5) is 0 Å². The summed E-state index contributed by atoms with van der Waals surface area (Å²) in [5.74, 6) is 0. The van der Waals surface area contributed by atoms with Crippen LogP contribution in [-0.2, 0) is 17.6 Å². The first kappa shape index (κ1) is 18.7. The van der Waals surface area contributed by atoms with Crippen molar-refractivity contribution in [1.82, 2.24) is 9.80 Å². The van der Waals surface area contributed by atoms with Gasteiger partial charge in [-0.15, -0.1) is 0 Å². The fourth-order valence-electron chi connectivity index (χ4n) is 4.46.